The van der Waals surface area contributed by atoms with Gasteiger partial charge in [-0.15, -0.1) is 0 Å². The zero-order valence-electron chi connectivity index (χ0n) is 17.4. The highest BCUT2D eigenvalue weighted by Gasteiger charge is 2.20. The molecular weight excluding hydrogens is 442 g/mol. The summed E-state index contributed by atoms with van der Waals surface area (Å²) in [7, 11) is 0. The molecule has 1 aromatic carbocycles. The number of halogens is 1. The van der Waals surface area contributed by atoms with Crippen molar-refractivity contribution in [2.75, 3.05) is 5.32 Å². The molecule has 0 spiro atoms. The van der Waals surface area contributed by atoms with E-state index in [4.69, 9.17) is 9.72 Å². The van der Waals surface area contributed by atoms with E-state index in [9.17, 15) is 4.79 Å². The number of carbonyl (C=O) groups excluding carboxylic acids is 1. The van der Waals surface area contributed by atoms with Crippen LogP contribution in [0.4, 0.5) is 5.82 Å². The number of esters is 1. The van der Waals surface area contributed by atoms with Crippen LogP contribution in [0.5, 0.6) is 5.75 Å². The van der Waals surface area contributed by atoms with Crippen molar-refractivity contribution in [1.29, 1.82) is 0 Å². The van der Waals surface area contributed by atoms with Gasteiger partial charge in [-0.3, -0.25) is 9.20 Å². The Bertz CT molecular complexity index is 1010. The summed E-state index contributed by atoms with van der Waals surface area (Å²) in [6.45, 7) is 2.06. The van der Waals surface area contributed by atoms with E-state index in [2.05, 4.69) is 38.8 Å². The Balaban J connectivity index is 1.62. The quantitative estimate of drug-likeness (QED) is 0.312. The molecule has 1 aliphatic rings. The number of imidazole rings is 1. The number of hydrogen-bond donors (Lipinski definition) is 1. The van der Waals surface area contributed by atoms with E-state index in [0.717, 1.165) is 40.0 Å². The van der Waals surface area contributed by atoms with E-state index in [0.29, 0.717) is 18.2 Å². The van der Waals surface area contributed by atoms with Crippen molar-refractivity contribution in [2.24, 2.45) is 0 Å². The summed E-state index contributed by atoms with van der Waals surface area (Å²) in [5, 5.41) is 3.76. The standard InChI is InChI=1S/C24H28BrN3O2/c1-2-3-9-22(29)30-20-13-10-17(11-14-20)23-24(26-19-7-5-4-6-8-19)28-16-18(25)12-15-21(28)27-23/h10-16,19,26H,2-9H2,1H3. The number of nitrogens with one attached hydrogen (secondary N) is 1. The minimum Gasteiger partial charge on any atom is -0.427 e. The summed E-state index contributed by atoms with van der Waals surface area (Å²) in [6.07, 6.45) is 10.6. The van der Waals surface area contributed by atoms with E-state index >= 15 is 0 Å². The molecule has 0 saturated heterocycles. The third-order valence-electron chi connectivity index (χ3n) is 5.62. The maximum Gasteiger partial charge on any atom is 0.311 e. The second-order valence-electron chi connectivity index (χ2n) is 7.97. The lowest BCUT2D eigenvalue weighted by Crippen LogP contribution is -2.23. The maximum atomic E-state index is 11.9. The molecular formula is C24H28BrN3O2. The van der Waals surface area contributed by atoms with Gasteiger partial charge in [-0.2, -0.15) is 0 Å². The van der Waals surface area contributed by atoms with Gasteiger partial charge in [0.25, 0.3) is 0 Å². The molecule has 158 valence electrons. The van der Waals surface area contributed by atoms with E-state index in [1.807, 2.05) is 36.4 Å². The van der Waals surface area contributed by atoms with E-state index in [1.54, 1.807) is 0 Å². The summed E-state index contributed by atoms with van der Waals surface area (Å²) in [4.78, 5) is 16.8. The number of hydrogen-bond acceptors (Lipinski definition) is 4. The molecule has 0 unspecified atom stereocenters. The zero-order valence-corrected chi connectivity index (χ0v) is 19.0. The van der Waals surface area contributed by atoms with Crippen molar-refractivity contribution in [1.82, 2.24) is 9.38 Å². The SMILES string of the molecule is CCCCC(=O)Oc1ccc(-c2nc3ccc(Br)cn3c2NC2CCCCC2)cc1. The Kier molecular flexibility index (Phi) is 6.72. The summed E-state index contributed by atoms with van der Waals surface area (Å²) >= 11 is 3.58. The smallest absolute Gasteiger partial charge is 0.311 e. The third kappa shape index (κ3) is 4.86. The molecule has 0 bridgehead atoms. The zero-order chi connectivity index (χ0) is 20.9. The largest absolute Gasteiger partial charge is 0.427 e. The Labute approximate surface area is 186 Å². The molecule has 0 radical (unpaired) electrons. The van der Waals surface area contributed by atoms with Gasteiger partial charge >= 0.3 is 5.97 Å². The van der Waals surface area contributed by atoms with Gasteiger partial charge in [-0.1, -0.05) is 32.6 Å². The third-order valence-corrected chi connectivity index (χ3v) is 6.09. The molecule has 1 aliphatic carbocycles. The van der Waals surface area contributed by atoms with Gasteiger partial charge in [-0.25, -0.2) is 4.98 Å². The number of fused-ring (bicyclic) bond motifs is 1. The normalized spacial score (nSPS) is 14.7. The van der Waals surface area contributed by atoms with E-state index < -0.39 is 0 Å². The number of pyridine rings is 1. The van der Waals surface area contributed by atoms with Gasteiger partial charge in [0.2, 0.25) is 0 Å². The fourth-order valence-electron chi connectivity index (χ4n) is 3.98. The molecule has 4 rings (SSSR count). The minimum absolute atomic E-state index is 0.179. The molecule has 30 heavy (non-hydrogen) atoms. The number of rotatable bonds is 7. The van der Waals surface area contributed by atoms with Gasteiger partial charge in [0, 0.05) is 28.7 Å². The second-order valence-corrected chi connectivity index (χ2v) is 8.88. The molecule has 3 aromatic rings. The lowest BCUT2D eigenvalue weighted by atomic mass is 9.95. The highest BCUT2D eigenvalue weighted by Crippen LogP contribution is 2.33. The van der Waals surface area contributed by atoms with Crippen LogP contribution in [0.1, 0.15) is 58.3 Å². The molecule has 0 atom stereocenters. The molecule has 2 aromatic heterocycles. The van der Waals surface area contributed by atoms with E-state index in [-0.39, 0.29) is 5.97 Å². The van der Waals surface area contributed by atoms with Crippen molar-refractivity contribution in [3.8, 4) is 17.0 Å². The summed E-state index contributed by atoms with van der Waals surface area (Å²) < 4.78 is 8.58. The second kappa shape index (κ2) is 9.65. The van der Waals surface area contributed by atoms with Crippen molar-refractivity contribution in [2.45, 2.75) is 64.3 Å². The Morgan fingerprint density at radius 1 is 1.17 bits per heavy atom. The lowest BCUT2D eigenvalue weighted by Gasteiger charge is -2.24. The lowest BCUT2D eigenvalue weighted by molar-refractivity contribution is -0.134. The highest BCUT2D eigenvalue weighted by molar-refractivity contribution is 9.10. The fraction of sp³-hybridized carbons (Fsp3) is 0.417. The monoisotopic (exact) mass is 469 g/mol. The van der Waals surface area contributed by atoms with Crippen LogP contribution in [-0.4, -0.2) is 21.4 Å². The van der Waals surface area contributed by atoms with Crippen LogP contribution in [0.2, 0.25) is 0 Å². The van der Waals surface area contributed by atoms with Crippen LogP contribution in [0.15, 0.2) is 47.1 Å². The number of nitrogens with zero attached hydrogens (tertiary/aromatic N) is 2. The molecule has 5 nitrogen and oxygen atoms in total. The number of carbonyl (C=O) groups is 1. The minimum atomic E-state index is -0.179. The number of ether oxygens (including phenoxy) is 1. The van der Waals surface area contributed by atoms with Crippen molar-refractivity contribution in [3.63, 3.8) is 0 Å². The van der Waals surface area contributed by atoms with Crippen molar-refractivity contribution >= 4 is 33.4 Å². The number of benzene rings is 1. The maximum absolute atomic E-state index is 11.9. The molecule has 1 saturated carbocycles. The first kappa shape index (κ1) is 20.9. The predicted molar refractivity (Wildman–Crippen MR) is 124 cm³/mol. The van der Waals surface area contributed by atoms with Gasteiger partial charge in [-0.05, 0) is 71.6 Å². The van der Waals surface area contributed by atoms with Gasteiger partial charge in [0.15, 0.2) is 0 Å². The van der Waals surface area contributed by atoms with E-state index in [1.165, 1.54) is 32.1 Å². The fourth-order valence-corrected chi connectivity index (χ4v) is 4.32. The van der Waals surface area contributed by atoms with Crippen LogP contribution in [0.3, 0.4) is 0 Å². The van der Waals surface area contributed by atoms with Crippen LogP contribution in [-0.2, 0) is 4.79 Å². The molecule has 2 heterocycles. The Morgan fingerprint density at radius 3 is 2.67 bits per heavy atom. The molecule has 1 N–H and O–H groups in total. The number of unbranched alkanes of at least 4 members (excludes halogenated alkanes) is 1. The van der Waals surface area contributed by atoms with Gasteiger partial charge in [0.1, 0.15) is 22.9 Å². The van der Waals surface area contributed by atoms with Crippen molar-refractivity contribution < 1.29 is 9.53 Å². The van der Waals surface area contributed by atoms with Gasteiger partial charge in [0.05, 0.1) is 0 Å². The summed E-state index contributed by atoms with van der Waals surface area (Å²) in [6, 6.07) is 12.2. The topological polar surface area (TPSA) is 55.6 Å². The van der Waals surface area contributed by atoms with Crippen LogP contribution in [0.25, 0.3) is 16.9 Å². The first-order valence-electron chi connectivity index (χ1n) is 10.9. The average Bonchev–Trinajstić information content (AvgIpc) is 3.11. The average molecular weight is 470 g/mol. The molecule has 1 fully saturated rings. The molecule has 0 amide bonds. The highest BCUT2D eigenvalue weighted by atomic mass is 79.9. The summed E-state index contributed by atoms with van der Waals surface area (Å²) in [5.41, 5.74) is 2.82. The molecule has 0 aliphatic heterocycles. The van der Waals surface area contributed by atoms with Gasteiger partial charge < -0.3 is 10.1 Å². The first-order valence-corrected chi connectivity index (χ1v) is 11.7. The predicted octanol–water partition coefficient (Wildman–Crippen LogP) is 6.60. The summed E-state index contributed by atoms with van der Waals surface area (Å²) in [5.74, 6) is 1.42. The molecule has 6 heteroatoms. The Hall–Kier alpha value is -2.34. The van der Waals surface area contributed by atoms with Crippen LogP contribution < -0.4 is 10.1 Å². The number of anilines is 1. The van der Waals surface area contributed by atoms with Crippen molar-refractivity contribution in [3.05, 3.63) is 47.1 Å². The number of aromatic nitrogens is 2. The first-order chi connectivity index (χ1) is 14.6. The van der Waals surface area contributed by atoms with Crippen LogP contribution in [0, 0.1) is 0 Å². The Morgan fingerprint density at radius 2 is 1.93 bits per heavy atom. The van der Waals surface area contributed by atoms with Crippen LogP contribution >= 0.6 is 15.9 Å².